The Kier molecular flexibility index (Phi) is 6.10. The predicted molar refractivity (Wildman–Crippen MR) is 101 cm³/mol. The summed E-state index contributed by atoms with van der Waals surface area (Å²) in [6.45, 7) is 1.17. The van der Waals surface area contributed by atoms with E-state index in [-0.39, 0.29) is 33.1 Å². The van der Waals surface area contributed by atoms with Crippen LogP contribution in [0.4, 0.5) is 20.4 Å². The van der Waals surface area contributed by atoms with Gasteiger partial charge in [-0.3, -0.25) is 9.78 Å². The molecule has 0 radical (unpaired) electrons. The zero-order valence-electron chi connectivity index (χ0n) is 14.4. The molecule has 3 rings (SSSR count). The van der Waals surface area contributed by atoms with Crippen molar-refractivity contribution < 1.29 is 18.3 Å². The van der Waals surface area contributed by atoms with Crippen LogP contribution in [0.5, 0.6) is 5.88 Å². The molecule has 148 valence electrons. The van der Waals surface area contributed by atoms with Crippen molar-refractivity contribution in [2.75, 3.05) is 18.5 Å². The molecule has 0 aromatic carbocycles. The Labute approximate surface area is 167 Å². The summed E-state index contributed by atoms with van der Waals surface area (Å²) in [6, 6.07) is 1.42. The molecule has 3 aromatic heterocycles. The first-order valence-corrected chi connectivity index (χ1v) is 8.80. The number of rotatable bonds is 7. The van der Waals surface area contributed by atoms with Gasteiger partial charge < -0.3 is 20.4 Å². The Morgan fingerprint density at radius 3 is 2.64 bits per heavy atom. The van der Waals surface area contributed by atoms with Gasteiger partial charge in [0.2, 0.25) is 11.8 Å². The van der Waals surface area contributed by atoms with Crippen LogP contribution in [0.15, 0.2) is 18.5 Å². The van der Waals surface area contributed by atoms with Gasteiger partial charge in [0, 0.05) is 18.9 Å². The first-order valence-electron chi connectivity index (χ1n) is 8.05. The highest BCUT2D eigenvalue weighted by atomic mass is 35.5. The predicted octanol–water partition coefficient (Wildman–Crippen LogP) is 3.80. The number of imidazole rings is 1. The van der Waals surface area contributed by atoms with Crippen LogP contribution in [0.25, 0.3) is 11.2 Å². The first kappa shape index (κ1) is 20.0. The van der Waals surface area contributed by atoms with Crippen LogP contribution in [-0.4, -0.2) is 45.4 Å². The van der Waals surface area contributed by atoms with Crippen molar-refractivity contribution in [2.45, 2.75) is 13.3 Å². The molecule has 0 aliphatic heterocycles. The van der Waals surface area contributed by atoms with E-state index in [4.69, 9.17) is 27.9 Å². The topological polar surface area (TPSA) is 105 Å². The van der Waals surface area contributed by atoms with E-state index < -0.39 is 18.9 Å². The third-order valence-electron chi connectivity index (χ3n) is 3.46. The molecule has 0 unspecified atom stereocenters. The Morgan fingerprint density at radius 1 is 1.29 bits per heavy atom. The van der Waals surface area contributed by atoms with Gasteiger partial charge in [0.1, 0.15) is 5.56 Å². The number of nitrogens with zero attached hydrogens (tertiary/aromatic N) is 3. The lowest BCUT2D eigenvalue weighted by molar-refractivity contribution is 0.0774. The van der Waals surface area contributed by atoms with Gasteiger partial charge in [-0.25, -0.2) is 8.78 Å². The molecule has 8 nitrogen and oxygen atoms in total. The SMILES string of the molecule is CCNC(=O)c1cc2[nH]c(Nc3c(Cl)cncc3Cl)nc2nc1OCC(F)F. The normalized spacial score (nSPS) is 11.1. The molecule has 1 amide bonds. The minimum Gasteiger partial charge on any atom is -0.471 e. The standard InChI is InChI=1S/C16H14Cl2F2N6O2/c1-2-22-14(27)7-3-10-13(25-15(7)28-6-11(19)20)26-16(23-10)24-12-8(17)4-21-5-9(12)18/h3-5,11H,2,6H2,1H3,(H,22,27)(H2,21,23,24,25,26). The highest BCUT2D eigenvalue weighted by Gasteiger charge is 2.19. The lowest BCUT2D eigenvalue weighted by Crippen LogP contribution is -2.24. The number of carbonyl (C=O) groups excluding carboxylic acids is 1. The number of H-pyrrole nitrogens is 1. The Bertz CT molecular complexity index is 994. The average molecular weight is 431 g/mol. The minimum atomic E-state index is -2.72. The van der Waals surface area contributed by atoms with Crippen molar-refractivity contribution in [3.63, 3.8) is 0 Å². The second kappa shape index (κ2) is 8.53. The quantitative estimate of drug-likeness (QED) is 0.526. The third-order valence-corrected chi connectivity index (χ3v) is 4.04. The molecule has 3 heterocycles. The molecule has 0 aliphatic carbocycles. The summed E-state index contributed by atoms with van der Waals surface area (Å²) >= 11 is 12.1. The molecular formula is C16H14Cl2F2N6O2. The maximum Gasteiger partial charge on any atom is 0.272 e. The van der Waals surface area contributed by atoms with Crippen LogP contribution in [-0.2, 0) is 0 Å². The fourth-order valence-electron chi connectivity index (χ4n) is 2.30. The van der Waals surface area contributed by atoms with E-state index in [1.165, 1.54) is 18.5 Å². The van der Waals surface area contributed by atoms with Gasteiger partial charge in [-0.2, -0.15) is 9.97 Å². The lowest BCUT2D eigenvalue weighted by atomic mass is 10.2. The minimum absolute atomic E-state index is 0.00479. The zero-order valence-corrected chi connectivity index (χ0v) is 15.9. The summed E-state index contributed by atoms with van der Waals surface area (Å²) in [5, 5.41) is 6.02. The molecule has 0 bridgehead atoms. The van der Waals surface area contributed by atoms with Crippen molar-refractivity contribution >= 4 is 51.9 Å². The fraction of sp³-hybridized carbons (Fsp3) is 0.250. The van der Waals surface area contributed by atoms with Crippen LogP contribution in [0.1, 0.15) is 17.3 Å². The Balaban J connectivity index is 1.99. The van der Waals surface area contributed by atoms with Gasteiger partial charge >= 0.3 is 0 Å². The summed E-state index contributed by atoms with van der Waals surface area (Å²) in [5.74, 6) is -0.521. The van der Waals surface area contributed by atoms with Gasteiger partial charge in [0.05, 0.1) is 21.2 Å². The second-order valence-electron chi connectivity index (χ2n) is 5.46. The van der Waals surface area contributed by atoms with E-state index in [1.807, 2.05) is 0 Å². The lowest BCUT2D eigenvalue weighted by Gasteiger charge is -2.09. The number of pyridine rings is 2. The van der Waals surface area contributed by atoms with Crippen molar-refractivity contribution in [3.8, 4) is 5.88 Å². The number of nitrogens with one attached hydrogen (secondary N) is 3. The number of anilines is 2. The number of hydrogen-bond donors (Lipinski definition) is 3. The molecule has 28 heavy (non-hydrogen) atoms. The molecule has 0 atom stereocenters. The summed E-state index contributed by atoms with van der Waals surface area (Å²) in [5.41, 5.74) is 0.913. The fourth-order valence-corrected chi connectivity index (χ4v) is 2.76. The van der Waals surface area contributed by atoms with Gasteiger partial charge in [-0.15, -0.1) is 0 Å². The number of alkyl halides is 2. The van der Waals surface area contributed by atoms with Crippen molar-refractivity contribution in [1.82, 2.24) is 25.3 Å². The van der Waals surface area contributed by atoms with E-state index >= 15 is 0 Å². The average Bonchev–Trinajstić information content (AvgIpc) is 3.04. The van der Waals surface area contributed by atoms with Crippen LogP contribution in [0.3, 0.4) is 0 Å². The van der Waals surface area contributed by atoms with Crippen LogP contribution < -0.4 is 15.4 Å². The molecular weight excluding hydrogens is 417 g/mol. The highest BCUT2D eigenvalue weighted by molar-refractivity contribution is 6.39. The number of fused-ring (bicyclic) bond motifs is 1. The number of carbonyl (C=O) groups is 1. The van der Waals surface area contributed by atoms with Crippen LogP contribution in [0.2, 0.25) is 10.0 Å². The number of amides is 1. The van der Waals surface area contributed by atoms with Crippen molar-refractivity contribution in [2.24, 2.45) is 0 Å². The number of ether oxygens (including phenoxy) is 1. The van der Waals surface area contributed by atoms with Crippen molar-refractivity contribution in [3.05, 3.63) is 34.1 Å². The van der Waals surface area contributed by atoms with Gasteiger partial charge in [-0.1, -0.05) is 23.2 Å². The highest BCUT2D eigenvalue weighted by Crippen LogP contribution is 2.31. The second-order valence-corrected chi connectivity index (χ2v) is 6.28. The first-order chi connectivity index (χ1) is 13.4. The summed E-state index contributed by atoms with van der Waals surface area (Å²) in [6.07, 6.45) is 0.0901. The molecule has 0 spiro atoms. The molecule has 0 saturated carbocycles. The number of aromatic amines is 1. The van der Waals surface area contributed by atoms with Gasteiger partial charge in [-0.05, 0) is 13.0 Å². The van der Waals surface area contributed by atoms with Crippen LogP contribution >= 0.6 is 23.2 Å². The maximum absolute atomic E-state index is 12.5. The molecule has 3 aromatic rings. The Morgan fingerprint density at radius 2 is 2.00 bits per heavy atom. The maximum atomic E-state index is 12.5. The smallest absolute Gasteiger partial charge is 0.272 e. The molecule has 3 N–H and O–H groups in total. The monoisotopic (exact) mass is 430 g/mol. The number of hydrogen-bond acceptors (Lipinski definition) is 6. The Hall–Kier alpha value is -2.72. The van der Waals surface area contributed by atoms with E-state index in [1.54, 1.807) is 6.92 Å². The van der Waals surface area contributed by atoms with Gasteiger partial charge in [0.15, 0.2) is 12.3 Å². The van der Waals surface area contributed by atoms with Gasteiger partial charge in [0.25, 0.3) is 12.3 Å². The molecule has 0 saturated heterocycles. The molecule has 0 fully saturated rings. The number of aromatic nitrogens is 4. The summed E-state index contributed by atoms with van der Waals surface area (Å²) < 4.78 is 30.0. The van der Waals surface area contributed by atoms with Crippen molar-refractivity contribution in [1.29, 1.82) is 0 Å². The van der Waals surface area contributed by atoms with E-state index in [0.717, 1.165) is 0 Å². The van der Waals surface area contributed by atoms with Crippen LogP contribution in [0, 0.1) is 0 Å². The third kappa shape index (κ3) is 4.39. The van der Waals surface area contributed by atoms with E-state index in [9.17, 15) is 13.6 Å². The largest absolute Gasteiger partial charge is 0.471 e. The molecule has 12 heteroatoms. The van der Waals surface area contributed by atoms with E-state index in [0.29, 0.717) is 17.7 Å². The number of halogens is 4. The van der Waals surface area contributed by atoms with E-state index in [2.05, 4.69) is 30.6 Å². The summed E-state index contributed by atoms with van der Waals surface area (Å²) in [4.78, 5) is 27.3. The summed E-state index contributed by atoms with van der Waals surface area (Å²) in [7, 11) is 0. The zero-order chi connectivity index (χ0) is 20.3. The molecule has 0 aliphatic rings.